The Bertz CT molecular complexity index is 1230. The van der Waals surface area contributed by atoms with Crippen LogP contribution in [0.2, 0.25) is 0 Å². The minimum absolute atomic E-state index is 0.0240. The predicted molar refractivity (Wildman–Crippen MR) is 371 cm³/mol. The summed E-state index contributed by atoms with van der Waals surface area (Å²) in [5, 5.41) is 23.4. The highest BCUT2D eigenvalue weighted by molar-refractivity contribution is 5.76. The molecule has 6 heteroatoms. The second-order valence-electron chi connectivity index (χ2n) is 27.4. The first-order valence-corrected chi connectivity index (χ1v) is 39.3. The molecule has 2 atom stereocenters. The largest absolute Gasteiger partial charge is 0.466 e. The van der Waals surface area contributed by atoms with Gasteiger partial charge in [0.15, 0.2) is 0 Å². The molecule has 0 aromatic heterocycles. The van der Waals surface area contributed by atoms with Crippen molar-refractivity contribution in [3.05, 3.63) is 0 Å². The van der Waals surface area contributed by atoms with Crippen molar-refractivity contribution in [3.8, 4) is 0 Å². The Labute approximate surface area is 527 Å². The summed E-state index contributed by atoms with van der Waals surface area (Å²) < 4.78 is 5.49. The Hall–Kier alpha value is -1.14. The minimum Gasteiger partial charge on any atom is -0.466 e. The van der Waals surface area contributed by atoms with Crippen LogP contribution in [0.15, 0.2) is 0 Å². The fraction of sp³-hybridized carbons (Fsp3) is 0.974. The molecule has 0 saturated heterocycles. The third kappa shape index (κ3) is 70.0. The molecule has 3 N–H and O–H groups in total. The molecule has 2 unspecified atom stereocenters. The van der Waals surface area contributed by atoms with Gasteiger partial charge in [-0.3, -0.25) is 9.59 Å². The molecule has 0 saturated carbocycles. The molecule has 0 aromatic rings. The van der Waals surface area contributed by atoms with Gasteiger partial charge in [-0.25, -0.2) is 0 Å². The Morgan fingerprint density at radius 1 is 0.286 bits per heavy atom. The SMILES string of the molecule is CCCCCCCCCCCCCCCCCCCCC(O)C(CO)NC(=O)CCCCCCCCCCCCCCCCCCCCCCCCCCCCCCCCCCCCCCCOC(=O)CCCCCCCCCCCCCC. The first kappa shape index (κ1) is 82.9. The van der Waals surface area contributed by atoms with Crippen LogP contribution >= 0.6 is 0 Å². The van der Waals surface area contributed by atoms with Gasteiger partial charge in [-0.05, 0) is 25.7 Å². The Morgan fingerprint density at radius 2 is 0.488 bits per heavy atom. The zero-order valence-electron chi connectivity index (χ0n) is 57.7. The van der Waals surface area contributed by atoms with Gasteiger partial charge >= 0.3 is 5.97 Å². The first-order valence-electron chi connectivity index (χ1n) is 39.3. The third-order valence-corrected chi connectivity index (χ3v) is 18.9. The summed E-state index contributed by atoms with van der Waals surface area (Å²) in [7, 11) is 0. The molecule has 0 aliphatic heterocycles. The van der Waals surface area contributed by atoms with Crippen molar-refractivity contribution < 1.29 is 24.5 Å². The van der Waals surface area contributed by atoms with E-state index in [-0.39, 0.29) is 18.5 Å². The van der Waals surface area contributed by atoms with Gasteiger partial charge in [0.25, 0.3) is 0 Å². The van der Waals surface area contributed by atoms with E-state index in [0.29, 0.717) is 25.9 Å². The number of hydrogen-bond acceptors (Lipinski definition) is 5. The molecule has 0 aromatic carbocycles. The summed E-state index contributed by atoms with van der Waals surface area (Å²) >= 11 is 0. The van der Waals surface area contributed by atoms with Crippen molar-refractivity contribution in [2.45, 2.75) is 475 Å². The number of amides is 1. The Morgan fingerprint density at radius 3 is 0.726 bits per heavy atom. The number of aliphatic hydroxyl groups excluding tert-OH is 2. The highest BCUT2D eigenvalue weighted by Crippen LogP contribution is 2.21. The summed E-state index contributed by atoms with van der Waals surface area (Å²) in [5.41, 5.74) is 0. The van der Waals surface area contributed by atoms with Crippen molar-refractivity contribution in [2.24, 2.45) is 0 Å². The summed E-state index contributed by atoms with van der Waals surface area (Å²) in [6.45, 7) is 5.01. The van der Waals surface area contributed by atoms with Crippen molar-refractivity contribution >= 4 is 11.9 Å². The van der Waals surface area contributed by atoms with Crippen molar-refractivity contribution in [3.63, 3.8) is 0 Å². The van der Waals surface area contributed by atoms with Crippen molar-refractivity contribution in [2.75, 3.05) is 13.2 Å². The maximum atomic E-state index is 12.5. The highest BCUT2D eigenvalue weighted by atomic mass is 16.5. The van der Waals surface area contributed by atoms with Crippen LogP contribution in [0.25, 0.3) is 0 Å². The average molecular weight is 1190 g/mol. The molecule has 0 heterocycles. The van der Waals surface area contributed by atoms with Gasteiger partial charge in [0, 0.05) is 12.8 Å². The van der Waals surface area contributed by atoms with Gasteiger partial charge in [0.2, 0.25) is 5.91 Å². The first-order chi connectivity index (χ1) is 41.5. The van der Waals surface area contributed by atoms with E-state index < -0.39 is 12.1 Å². The molecule has 84 heavy (non-hydrogen) atoms. The molecule has 6 nitrogen and oxygen atoms in total. The molecule has 0 rings (SSSR count). The van der Waals surface area contributed by atoms with Gasteiger partial charge in [0.05, 0.1) is 25.4 Å². The van der Waals surface area contributed by atoms with E-state index >= 15 is 0 Å². The maximum absolute atomic E-state index is 12.5. The topological polar surface area (TPSA) is 95.9 Å². The maximum Gasteiger partial charge on any atom is 0.305 e. The number of rotatable bonds is 75. The van der Waals surface area contributed by atoms with Gasteiger partial charge in [-0.15, -0.1) is 0 Å². The number of aliphatic hydroxyl groups is 2. The lowest BCUT2D eigenvalue weighted by molar-refractivity contribution is -0.143. The van der Waals surface area contributed by atoms with Gasteiger partial charge in [-0.2, -0.15) is 0 Å². The molecule has 0 spiro atoms. The number of nitrogens with one attached hydrogen (secondary N) is 1. The smallest absolute Gasteiger partial charge is 0.305 e. The molecule has 0 aliphatic rings. The van der Waals surface area contributed by atoms with Crippen LogP contribution in [0.4, 0.5) is 0 Å². The van der Waals surface area contributed by atoms with E-state index in [9.17, 15) is 19.8 Å². The summed E-state index contributed by atoms with van der Waals surface area (Å²) in [4.78, 5) is 24.6. The van der Waals surface area contributed by atoms with Crippen LogP contribution in [0, 0.1) is 0 Å². The van der Waals surface area contributed by atoms with Crippen molar-refractivity contribution in [1.82, 2.24) is 5.32 Å². The van der Waals surface area contributed by atoms with Crippen LogP contribution in [0.1, 0.15) is 463 Å². The van der Waals surface area contributed by atoms with Gasteiger partial charge in [0.1, 0.15) is 0 Å². The lowest BCUT2D eigenvalue weighted by atomic mass is 10.0. The minimum atomic E-state index is -0.660. The normalized spacial score (nSPS) is 12.4. The standard InChI is InChI=1S/C78H155NO5/c1-3-5-7-9-11-13-15-17-18-19-41-44-47-50-54-58-62-66-70-76(81)75(74-80)79-77(82)71-67-63-59-55-51-48-45-42-39-37-35-33-31-29-27-25-23-21-20-22-24-26-28-30-32-34-36-38-40-43-46-49-53-57-61-65-69-73-84-78(83)72-68-64-60-56-52-16-14-12-10-8-6-4-2/h75-76,80-81H,3-74H2,1-2H3,(H,79,82). The third-order valence-electron chi connectivity index (χ3n) is 18.9. The summed E-state index contributed by atoms with van der Waals surface area (Å²) in [5.74, 6) is 0.00136. The lowest BCUT2D eigenvalue weighted by Gasteiger charge is -2.22. The summed E-state index contributed by atoms with van der Waals surface area (Å²) in [6.07, 6.45) is 92.0. The zero-order chi connectivity index (χ0) is 60.6. The van der Waals surface area contributed by atoms with E-state index in [1.54, 1.807) is 0 Å². The number of carbonyl (C=O) groups is 2. The number of carbonyl (C=O) groups excluding carboxylic acids is 2. The van der Waals surface area contributed by atoms with E-state index in [2.05, 4.69) is 19.2 Å². The highest BCUT2D eigenvalue weighted by Gasteiger charge is 2.20. The van der Waals surface area contributed by atoms with Crippen LogP contribution in [0.5, 0.6) is 0 Å². The second-order valence-corrected chi connectivity index (χ2v) is 27.4. The van der Waals surface area contributed by atoms with Gasteiger partial charge < -0.3 is 20.3 Å². The quantitative estimate of drug-likeness (QED) is 0.0417. The van der Waals surface area contributed by atoms with Crippen LogP contribution in [0.3, 0.4) is 0 Å². The van der Waals surface area contributed by atoms with E-state index in [4.69, 9.17) is 4.74 Å². The number of unbranched alkanes of at least 4 members (excludes halogenated alkanes) is 64. The average Bonchev–Trinajstić information content (AvgIpc) is 3.50. The van der Waals surface area contributed by atoms with E-state index in [0.717, 1.165) is 38.5 Å². The summed E-state index contributed by atoms with van der Waals surface area (Å²) in [6, 6.07) is -0.536. The van der Waals surface area contributed by atoms with E-state index in [1.165, 1.54) is 392 Å². The predicted octanol–water partition coefficient (Wildman–Crippen LogP) is 25.7. The molecule has 0 radical (unpaired) electrons. The van der Waals surface area contributed by atoms with Crippen molar-refractivity contribution in [1.29, 1.82) is 0 Å². The number of hydrogen-bond donors (Lipinski definition) is 3. The molecular formula is C78H155NO5. The molecule has 0 bridgehead atoms. The lowest BCUT2D eigenvalue weighted by Crippen LogP contribution is -2.45. The van der Waals surface area contributed by atoms with E-state index in [1.807, 2.05) is 0 Å². The number of esters is 1. The molecule has 502 valence electrons. The van der Waals surface area contributed by atoms with Crippen LogP contribution in [-0.4, -0.2) is 47.4 Å². The molecule has 1 amide bonds. The molecule has 0 fully saturated rings. The number of ether oxygens (including phenoxy) is 1. The van der Waals surface area contributed by atoms with Crippen LogP contribution < -0.4 is 5.32 Å². The fourth-order valence-electron chi connectivity index (χ4n) is 12.9. The van der Waals surface area contributed by atoms with Gasteiger partial charge in [-0.1, -0.05) is 425 Å². The monoisotopic (exact) mass is 1190 g/mol. The second kappa shape index (κ2) is 74.3. The fourth-order valence-corrected chi connectivity index (χ4v) is 12.9. The van der Waals surface area contributed by atoms with Crippen LogP contribution in [-0.2, 0) is 14.3 Å². The molecule has 0 aliphatic carbocycles. The zero-order valence-corrected chi connectivity index (χ0v) is 57.7. The molecular weight excluding hydrogens is 1030 g/mol. The Balaban J connectivity index is 3.29. The Kier molecular flexibility index (Phi) is 73.3.